The zero-order chi connectivity index (χ0) is 29.9. The first-order chi connectivity index (χ1) is 19.9. The summed E-state index contributed by atoms with van der Waals surface area (Å²) >= 11 is 1.29. The standard InChI is InChI=1S/C25H19F6N7O3S/c1-10-32-15-3-2-12(6-20(15)42-10)38-23(34-35-24(38)25(29,30)31)18-7-17(22(40)19(9-39)41-18)37-8-16(33-36-37)11-4-13(26)21(28)14(27)5-11/h2-6,8,17-19,22,39-40H,7,9H2,1H3/t17-,18-,19-,22-/m1/s1. The lowest BCUT2D eigenvalue weighted by Gasteiger charge is -2.38. The Kier molecular flexibility index (Phi) is 6.99. The molecule has 0 bridgehead atoms. The molecule has 6 rings (SSSR count). The number of ether oxygens (including phenoxy) is 1. The molecule has 0 saturated carbocycles. The van der Waals surface area contributed by atoms with Gasteiger partial charge in [-0.3, -0.25) is 4.57 Å². The Balaban J connectivity index is 1.40. The number of aliphatic hydroxyl groups excluding tert-OH is 2. The zero-order valence-electron chi connectivity index (χ0n) is 21.3. The van der Waals surface area contributed by atoms with Crippen molar-refractivity contribution in [2.24, 2.45) is 0 Å². The van der Waals surface area contributed by atoms with Gasteiger partial charge in [0.1, 0.15) is 24.0 Å². The van der Waals surface area contributed by atoms with Crippen LogP contribution < -0.4 is 0 Å². The minimum atomic E-state index is -4.89. The van der Waals surface area contributed by atoms with Crippen LogP contribution in [0.4, 0.5) is 26.3 Å². The van der Waals surface area contributed by atoms with Gasteiger partial charge in [-0.05, 0) is 37.3 Å². The van der Waals surface area contributed by atoms with Crippen molar-refractivity contribution in [1.29, 1.82) is 0 Å². The molecule has 1 aliphatic heterocycles. The number of aryl methyl sites for hydroxylation is 1. The molecule has 4 atom stereocenters. The minimum absolute atomic E-state index is 0.0701. The molecule has 10 nitrogen and oxygen atoms in total. The number of fused-ring (bicyclic) bond motifs is 1. The fraction of sp³-hybridized carbons (Fsp3) is 0.320. The van der Waals surface area contributed by atoms with E-state index >= 15 is 0 Å². The van der Waals surface area contributed by atoms with Crippen LogP contribution in [0, 0.1) is 24.4 Å². The van der Waals surface area contributed by atoms with Crippen molar-refractivity contribution < 1.29 is 41.3 Å². The second-order valence-electron chi connectivity index (χ2n) is 9.58. The van der Waals surface area contributed by atoms with Crippen LogP contribution >= 0.6 is 11.3 Å². The van der Waals surface area contributed by atoms with Gasteiger partial charge in [0.15, 0.2) is 23.3 Å². The third kappa shape index (κ3) is 4.91. The van der Waals surface area contributed by atoms with Gasteiger partial charge in [-0.15, -0.1) is 26.6 Å². The molecule has 0 aliphatic carbocycles. The van der Waals surface area contributed by atoms with E-state index in [0.717, 1.165) is 26.4 Å². The Morgan fingerprint density at radius 3 is 2.50 bits per heavy atom. The summed E-state index contributed by atoms with van der Waals surface area (Å²) in [5.41, 5.74) is 0.482. The minimum Gasteiger partial charge on any atom is -0.394 e. The molecule has 4 heterocycles. The van der Waals surface area contributed by atoms with Gasteiger partial charge in [0, 0.05) is 12.0 Å². The van der Waals surface area contributed by atoms with Crippen LogP contribution in [-0.4, -0.2) is 63.8 Å². The highest BCUT2D eigenvalue weighted by molar-refractivity contribution is 7.18. The topological polar surface area (TPSA) is 124 Å². The SMILES string of the molecule is Cc1nc2ccc(-n3c([C@H]4C[C@@H](n5cc(-c6cc(F)c(F)c(F)c6)nn5)[C@@H](O)[C@@H](CO)O4)nnc3C(F)(F)F)cc2s1. The second-order valence-corrected chi connectivity index (χ2v) is 10.8. The number of hydrogen-bond acceptors (Lipinski definition) is 9. The normalized spacial score (nSPS) is 21.4. The van der Waals surface area contributed by atoms with E-state index in [9.17, 15) is 36.6 Å². The highest BCUT2D eigenvalue weighted by Crippen LogP contribution is 2.40. The van der Waals surface area contributed by atoms with E-state index < -0.39 is 60.4 Å². The summed E-state index contributed by atoms with van der Waals surface area (Å²) in [6.45, 7) is 1.06. The number of alkyl halides is 3. The molecular formula is C25H19F6N7O3S. The van der Waals surface area contributed by atoms with Crippen LogP contribution in [-0.2, 0) is 10.9 Å². The molecule has 0 unspecified atom stereocenters. The fourth-order valence-electron chi connectivity index (χ4n) is 4.92. The molecule has 1 fully saturated rings. The molecule has 0 amide bonds. The molecule has 42 heavy (non-hydrogen) atoms. The highest BCUT2D eigenvalue weighted by Gasteiger charge is 2.45. The number of hydrogen-bond donors (Lipinski definition) is 2. The average Bonchev–Trinajstić information content (AvgIpc) is 3.68. The number of thiazole rings is 1. The Morgan fingerprint density at radius 2 is 1.81 bits per heavy atom. The summed E-state index contributed by atoms with van der Waals surface area (Å²) in [6.07, 6.45) is -7.81. The van der Waals surface area contributed by atoms with Crippen molar-refractivity contribution in [2.45, 2.75) is 43.9 Å². The van der Waals surface area contributed by atoms with Gasteiger partial charge in [-0.25, -0.2) is 22.8 Å². The predicted molar refractivity (Wildman–Crippen MR) is 134 cm³/mol. The summed E-state index contributed by atoms with van der Waals surface area (Å²) < 4.78 is 91.6. The first-order valence-corrected chi connectivity index (χ1v) is 13.2. The predicted octanol–water partition coefficient (Wildman–Crippen LogP) is 4.30. The lowest BCUT2D eigenvalue weighted by molar-refractivity contribution is -0.162. The van der Waals surface area contributed by atoms with Gasteiger partial charge in [0.25, 0.3) is 0 Å². The molecule has 3 aromatic heterocycles. The van der Waals surface area contributed by atoms with Gasteiger partial charge >= 0.3 is 6.18 Å². The van der Waals surface area contributed by atoms with Gasteiger partial charge < -0.3 is 14.9 Å². The first kappa shape index (κ1) is 28.2. The van der Waals surface area contributed by atoms with E-state index in [4.69, 9.17) is 4.74 Å². The largest absolute Gasteiger partial charge is 0.452 e. The first-order valence-electron chi connectivity index (χ1n) is 12.4. The Morgan fingerprint density at radius 1 is 1.07 bits per heavy atom. The van der Waals surface area contributed by atoms with Crippen LogP contribution in [0.15, 0.2) is 36.5 Å². The molecule has 1 aliphatic rings. The maximum Gasteiger partial charge on any atom is 0.452 e. The number of aromatic nitrogens is 7. The van der Waals surface area contributed by atoms with Gasteiger partial charge in [-0.2, -0.15) is 13.2 Å². The van der Waals surface area contributed by atoms with Crippen molar-refractivity contribution in [2.75, 3.05) is 6.61 Å². The lowest BCUT2D eigenvalue weighted by Crippen LogP contribution is -2.45. The van der Waals surface area contributed by atoms with Crippen molar-refractivity contribution >= 4 is 21.6 Å². The second kappa shape index (κ2) is 10.4. The van der Waals surface area contributed by atoms with E-state index in [0.29, 0.717) is 10.2 Å². The molecule has 0 radical (unpaired) electrons. The van der Waals surface area contributed by atoms with Crippen molar-refractivity contribution in [3.05, 3.63) is 70.6 Å². The van der Waals surface area contributed by atoms with Crippen LogP contribution in [0.2, 0.25) is 0 Å². The van der Waals surface area contributed by atoms with Crippen LogP contribution in [0.3, 0.4) is 0 Å². The summed E-state index contributed by atoms with van der Waals surface area (Å²) in [5, 5.41) is 36.5. The van der Waals surface area contributed by atoms with Crippen LogP contribution in [0.1, 0.15) is 35.2 Å². The van der Waals surface area contributed by atoms with Crippen LogP contribution in [0.25, 0.3) is 27.2 Å². The third-order valence-electron chi connectivity index (χ3n) is 6.85. The Labute approximate surface area is 235 Å². The van der Waals surface area contributed by atoms with Crippen molar-refractivity contribution in [3.8, 4) is 16.9 Å². The monoisotopic (exact) mass is 611 g/mol. The molecule has 2 aromatic carbocycles. The maximum absolute atomic E-state index is 14.1. The summed E-state index contributed by atoms with van der Waals surface area (Å²) in [7, 11) is 0. The molecule has 220 valence electrons. The Hall–Kier alpha value is -3.93. The number of aliphatic hydroxyl groups is 2. The smallest absolute Gasteiger partial charge is 0.394 e. The average molecular weight is 612 g/mol. The number of benzene rings is 2. The highest BCUT2D eigenvalue weighted by atomic mass is 32.1. The third-order valence-corrected chi connectivity index (χ3v) is 7.78. The zero-order valence-corrected chi connectivity index (χ0v) is 22.1. The van der Waals surface area contributed by atoms with E-state index in [-0.39, 0.29) is 29.2 Å². The Bertz CT molecular complexity index is 1760. The number of rotatable bonds is 5. The summed E-state index contributed by atoms with van der Waals surface area (Å²) in [6, 6.07) is 4.92. The van der Waals surface area contributed by atoms with Crippen molar-refractivity contribution in [1.82, 2.24) is 34.7 Å². The fourth-order valence-corrected chi connectivity index (χ4v) is 5.78. The maximum atomic E-state index is 14.1. The summed E-state index contributed by atoms with van der Waals surface area (Å²) in [5.74, 6) is -6.11. The molecular weight excluding hydrogens is 592 g/mol. The number of halogens is 6. The molecule has 5 aromatic rings. The van der Waals surface area contributed by atoms with E-state index in [1.165, 1.54) is 29.7 Å². The number of nitrogens with zero attached hydrogens (tertiary/aromatic N) is 7. The van der Waals surface area contributed by atoms with Crippen LogP contribution in [0.5, 0.6) is 0 Å². The van der Waals surface area contributed by atoms with Gasteiger partial charge in [-0.1, -0.05) is 5.21 Å². The molecule has 2 N–H and O–H groups in total. The van der Waals surface area contributed by atoms with Crippen molar-refractivity contribution in [3.63, 3.8) is 0 Å². The van der Waals surface area contributed by atoms with Gasteiger partial charge in [0.05, 0.1) is 39.8 Å². The van der Waals surface area contributed by atoms with E-state index in [1.807, 2.05) is 0 Å². The summed E-state index contributed by atoms with van der Waals surface area (Å²) in [4.78, 5) is 4.33. The lowest BCUT2D eigenvalue weighted by atomic mass is 9.95. The van der Waals surface area contributed by atoms with E-state index in [2.05, 4.69) is 25.5 Å². The molecule has 0 spiro atoms. The van der Waals surface area contributed by atoms with E-state index in [1.54, 1.807) is 13.0 Å². The molecule has 17 heteroatoms. The quantitative estimate of drug-likeness (QED) is 0.223. The molecule has 1 saturated heterocycles. The van der Waals surface area contributed by atoms with Gasteiger partial charge in [0.2, 0.25) is 5.82 Å².